The third-order valence-electron chi connectivity index (χ3n) is 7.38. The normalized spacial score (nSPS) is 25.2. The van der Waals surface area contributed by atoms with Crippen LogP contribution < -0.4 is 14.5 Å². The monoisotopic (exact) mass is 531 g/mol. The molecular formula is C25H24F3N5O3S. The lowest BCUT2D eigenvalue weighted by Gasteiger charge is -2.44. The van der Waals surface area contributed by atoms with E-state index in [0.717, 1.165) is 23.6 Å². The summed E-state index contributed by atoms with van der Waals surface area (Å²) in [7, 11) is 1.66. The minimum absolute atomic E-state index is 0.0535. The molecule has 37 heavy (non-hydrogen) atoms. The molecule has 0 unspecified atom stereocenters. The molecule has 2 aromatic rings. The van der Waals surface area contributed by atoms with Gasteiger partial charge in [-0.05, 0) is 61.8 Å². The van der Waals surface area contributed by atoms with Crippen LogP contribution in [-0.4, -0.2) is 52.4 Å². The van der Waals surface area contributed by atoms with Gasteiger partial charge in [0.25, 0.3) is 5.91 Å². The van der Waals surface area contributed by atoms with Crippen molar-refractivity contribution in [3.05, 3.63) is 53.0 Å². The number of aromatic nitrogens is 1. The zero-order valence-electron chi connectivity index (χ0n) is 20.0. The van der Waals surface area contributed by atoms with E-state index in [2.05, 4.69) is 4.98 Å². The molecule has 5 rings (SSSR count). The van der Waals surface area contributed by atoms with Crippen LogP contribution in [0.2, 0.25) is 0 Å². The van der Waals surface area contributed by atoms with Crippen LogP contribution in [0.5, 0.6) is 5.75 Å². The predicted molar refractivity (Wildman–Crippen MR) is 132 cm³/mol. The number of nitriles is 1. The third-order valence-corrected chi connectivity index (χ3v) is 7.75. The van der Waals surface area contributed by atoms with Gasteiger partial charge in [0.05, 0.1) is 37.6 Å². The number of hydrogen-bond acceptors (Lipinski definition) is 6. The number of hydrogen-bond donors (Lipinski definition) is 0. The number of amides is 1. The minimum Gasteiger partial charge on any atom is -0.633 e. The lowest BCUT2D eigenvalue weighted by Crippen LogP contribution is -2.55. The van der Waals surface area contributed by atoms with Gasteiger partial charge in [-0.1, -0.05) is 0 Å². The fraction of sp³-hybridized carbons (Fsp3) is 0.440. The number of quaternary nitrogens is 1. The first-order valence-electron chi connectivity index (χ1n) is 11.9. The van der Waals surface area contributed by atoms with E-state index in [-0.39, 0.29) is 21.6 Å². The van der Waals surface area contributed by atoms with E-state index >= 15 is 0 Å². The maximum Gasteiger partial charge on any atom is 0.419 e. The molecule has 194 valence electrons. The third kappa shape index (κ3) is 4.41. The molecule has 1 aliphatic carbocycles. The van der Waals surface area contributed by atoms with E-state index in [1.807, 2.05) is 0 Å². The van der Waals surface area contributed by atoms with E-state index in [1.165, 1.54) is 6.07 Å². The summed E-state index contributed by atoms with van der Waals surface area (Å²) in [5, 5.41) is 21.2. The lowest BCUT2D eigenvalue weighted by atomic mass is 9.75. The molecule has 8 nitrogen and oxygen atoms in total. The van der Waals surface area contributed by atoms with Crippen LogP contribution in [0.25, 0.3) is 0 Å². The Bertz CT molecular complexity index is 1280. The first-order chi connectivity index (χ1) is 17.4. The molecule has 0 radical (unpaired) electrons. The molecule has 2 saturated heterocycles. The van der Waals surface area contributed by atoms with Gasteiger partial charge in [0.15, 0.2) is 10.8 Å². The lowest BCUT2D eigenvalue weighted by molar-refractivity contribution is -0.866. The number of ether oxygens (including phenoxy) is 1. The number of carbonyl (C=O) groups is 1. The SMILES string of the molecule is C[N@+]1([O-])CC[C@@H](Oc2ccc(N3C(=S)N(c4cnc(C#N)c(C(F)(F)F)c4)C(=O)C34CCC4)cc2)CC1. The first kappa shape index (κ1) is 25.4. The second-order valence-corrected chi connectivity index (χ2v) is 10.3. The van der Waals surface area contributed by atoms with E-state index in [4.69, 9.17) is 22.2 Å². The van der Waals surface area contributed by atoms with Crippen molar-refractivity contribution in [1.29, 1.82) is 5.26 Å². The molecule has 3 fully saturated rings. The van der Waals surface area contributed by atoms with Gasteiger partial charge in [0.2, 0.25) is 0 Å². The number of rotatable bonds is 4. The number of pyridine rings is 1. The summed E-state index contributed by atoms with van der Waals surface area (Å²) in [6.45, 7) is 0.983. The second kappa shape index (κ2) is 8.93. The Kier molecular flexibility index (Phi) is 6.13. The number of carbonyl (C=O) groups excluding carboxylic acids is 1. The van der Waals surface area contributed by atoms with Crippen molar-refractivity contribution in [2.75, 3.05) is 29.9 Å². The van der Waals surface area contributed by atoms with Crippen LogP contribution in [0.15, 0.2) is 36.5 Å². The number of likely N-dealkylation sites (tertiary alicyclic amines) is 1. The van der Waals surface area contributed by atoms with Gasteiger partial charge in [-0.3, -0.25) is 9.69 Å². The predicted octanol–water partition coefficient (Wildman–Crippen LogP) is 4.52. The number of hydroxylamine groups is 3. The Hall–Kier alpha value is -3.27. The van der Waals surface area contributed by atoms with E-state index in [1.54, 1.807) is 36.2 Å². The number of alkyl halides is 3. The first-order valence-corrected chi connectivity index (χ1v) is 12.3. The molecule has 1 amide bonds. The van der Waals surface area contributed by atoms with Gasteiger partial charge in [0.1, 0.15) is 23.5 Å². The van der Waals surface area contributed by atoms with Crippen LogP contribution in [0.4, 0.5) is 24.5 Å². The fourth-order valence-corrected chi connectivity index (χ4v) is 5.63. The summed E-state index contributed by atoms with van der Waals surface area (Å²) in [6.07, 6.45) is -0.701. The van der Waals surface area contributed by atoms with E-state index in [0.29, 0.717) is 50.2 Å². The highest BCUT2D eigenvalue weighted by atomic mass is 32.1. The molecule has 3 heterocycles. The molecular weight excluding hydrogens is 507 g/mol. The summed E-state index contributed by atoms with van der Waals surface area (Å²) < 4.78 is 46.4. The van der Waals surface area contributed by atoms with Crippen LogP contribution in [0.1, 0.15) is 43.4 Å². The zero-order valence-corrected chi connectivity index (χ0v) is 20.8. The molecule has 1 aromatic heterocycles. The number of halogens is 3. The van der Waals surface area contributed by atoms with Crippen molar-refractivity contribution in [2.24, 2.45) is 0 Å². The minimum atomic E-state index is -4.81. The molecule has 1 spiro atoms. The number of thiocarbonyl (C=S) groups is 1. The van der Waals surface area contributed by atoms with E-state index < -0.39 is 28.9 Å². The van der Waals surface area contributed by atoms with Gasteiger partial charge >= 0.3 is 6.18 Å². The Morgan fingerprint density at radius 1 is 1.22 bits per heavy atom. The highest BCUT2D eigenvalue weighted by Crippen LogP contribution is 2.48. The molecule has 0 N–H and O–H groups in total. The molecule has 12 heteroatoms. The van der Waals surface area contributed by atoms with Crippen molar-refractivity contribution < 1.29 is 27.3 Å². The molecule has 0 atom stereocenters. The summed E-state index contributed by atoms with van der Waals surface area (Å²) in [4.78, 5) is 20.0. The van der Waals surface area contributed by atoms with Crippen molar-refractivity contribution in [3.8, 4) is 11.8 Å². The molecule has 1 saturated carbocycles. The van der Waals surface area contributed by atoms with Gasteiger partial charge in [-0.2, -0.15) is 18.4 Å². The summed E-state index contributed by atoms with van der Waals surface area (Å²) in [6, 6.07) is 9.27. The Balaban J connectivity index is 1.42. The quantitative estimate of drug-likeness (QED) is 0.325. The maximum atomic E-state index is 13.6. The Morgan fingerprint density at radius 2 is 1.86 bits per heavy atom. The molecule has 2 aliphatic heterocycles. The van der Waals surface area contributed by atoms with Crippen molar-refractivity contribution in [1.82, 2.24) is 4.98 Å². The van der Waals surface area contributed by atoms with E-state index in [9.17, 15) is 23.2 Å². The summed E-state index contributed by atoms with van der Waals surface area (Å²) in [5.41, 5.74) is -2.47. The molecule has 3 aliphatic rings. The number of benzene rings is 1. The number of nitrogens with zero attached hydrogens (tertiary/aromatic N) is 5. The Labute approximate surface area is 217 Å². The average Bonchev–Trinajstić information content (AvgIpc) is 3.06. The standard InChI is InChI=1S/C25H24F3N5O3S/c1-33(35)11-7-19(8-12-33)36-18-5-3-16(4-6-18)32-23(37)31(22(34)24(32)9-2-10-24)17-13-20(25(26,27)28)21(14-29)30-15-17/h3-6,13,15,19H,2,7-12H2,1H3/t19-,33+. The largest absolute Gasteiger partial charge is 0.633 e. The smallest absolute Gasteiger partial charge is 0.419 e. The summed E-state index contributed by atoms with van der Waals surface area (Å²) in [5.74, 6) is 0.211. The van der Waals surface area contributed by atoms with Gasteiger partial charge in [-0.15, -0.1) is 0 Å². The highest BCUT2D eigenvalue weighted by Gasteiger charge is 2.59. The van der Waals surface area contributed by atoms with Crippen LogP contribution >= 0.6 is 12.2 Å². The topological polar surface area (TPSA) is 92.5 Å². The second-order valence-electron chi connectivity index (χ2n) is 9.90. The molecule has 1 aromatic carbocycles. The fourth-order valence-electron chi connectivity index (χ4n) is 5.16. The summed E-state index contributed by atoms with van der Waals surface area (Å²) >= 11 is 5.63. The highest BCUT2D eigenvalue weighted by molar-refractivity contribution is 7.81. The van der Waals surface area contributed by atoms with Crippen LogP contribution in [-0.2, 0) is 11.0 Å². The van der Waals surface area contributed by atoms with Gasteiger partial charge < -0.3 is 19.5 Å². The van der Waals surface area contributed by atoms with Gasteiger partial charge in [-0.25, -0.2) is 4.98 Å². The average molecular weight is 532 g/mol. The van der Waals surface area contributed by atoms with Crippen LogP contribution in [0, 0.1) is 16.5 Å². The van der Waals surface area contributed by atoms with Crippen LogP contribution in [0.3, 0.4) is 0 Å². The van der Waals surface area contributed by atoms with Crippen molar-refractivity contribution >= 4 is 34.6 Å². The molecule has 0 bridgehead atoms. The van der Waals surface area contributed by atoms with Crippen molar-refractivity contribution in [3.63, 3.8) is 0 Å². The number of anilines is 2. The van der Waals surface area contributed by atoms with Gasteiger partial charge in [0, 0.05) is 18.5 Å². The maximum absolute atomic E-state index is 13.6. The Morgan fingerprint density at radius 3 is 2.41 bits per heavy atom. The van der Waals surface area contributed by atoms with Crippen molar-refractivity contribution in [2.45, 2.75) is 49.9 Å². The zero-order chi connectivity index (χ0) is 26.6. The number of piperidine rings is 1.